The van der Waals surface area contributed by atoms with Crippen molar-refractivity contribution in [2.75, 3.05) is 7.11 Å². The molecule has 0 aliphatic rings. The molecule has 4 heteroatoms. The summed E-state index contributed by atoms with van der Waals surface area (Å²) in [5.41, 5.74) is 1.69. The summed E-state index contributed by atoms with van der Waals surface area (Å²) in [7, 11) is 1.34. The minimum atomic E-state index is -0.722. The van der Waals surface area contributed by atoms with Gasteiger partial charge in [-0.2, -0.15) is 0 Å². The van der Waals surface area contributed by atoms with Crippen LogP contribution >= 0.6 is 0 Å². The second kappa shape index (κ2) is 8.78. The maximum atomic E-state index is 13.4. The van der Waals surface area contributed by atoms with Gasteiger partial charge in [0.05, 0.1) is 12.7 Å². The number of hydrogen-bond donors (Lipinski definition) is 1. The lowest BCUT2D eigenvalue weighted by Gasteiger charge is -2.18. The van der Waals surface area contributed by atoms with Gasteiger partial charge in [0, 0.05) is 0 Å². The van der Waals surface area contributed by atoms with Crippen LogP contribution in [0, 0.1) is 0 Å². The van der Waals surface area contributed by atoms with Gasteiger partial charge in [-0.25, -0.2) is 4.79 Å². The first-order chi connectivity index (χ1) is 14.7. The van der Waals surface area contributed by atoms with E-state index in [1.165, 1.54) is 7.11 Å². The fourth-order valence-corrected chi connectivity index (χ4v) is 3.84. The van der Waals surface area contributed by atoms with Crippen molar-refractivity contribution in [3.05, 3.63) is 96.1 Å². The van der Waals surface area contributed by atoms with Gasteiger partial charge in [-0.05, 0) is 46.0 Å². The van der Waals surface area contributed by atoms with Gasteiger partial charge in [0.1, 0.15) is 6.04 Å². The molecule has 0 saturated carbocycles. The Bertz CT molecular complexity index is 1150. The number of ether oxygens (including phenoxy) is 1. The Morgan fingerprint density at radius 3 is 2.00 bits per heavy atom. The summed E-state index contributed by atoms with van der Waals surface area (Å²) in [5.74, 6) is -0.713. The number of nitrogens with one attached hydrogen (secondary N) is 1. The number of fused-ring (bicyclic) bond motifs is 2. The molecule has 1 atom stereocenters. The first-order valence-electron chi connectivity index (χ1n) is 10.0. The van der Waals surface area contributed by atoms with Crippen molar-refractivity contribution >= 4 is 33.4 Å². The molecule has 4 nitrogen and oxygen atoms in total. The molecule has 0 saturated heterocycles. The van der Waals surface area contributed by atoms with Gasteiger partial charge < -0.3 is 10.1 Å². The number of benzene rings is 4. The highest BCUT2D eigenvalue weighted by atomic mass is 16.5. The lowest BCUT2D eigenvalue weighted by Crippen LogP contribution is -2.42. The molecule has 150 valence electrons. The predicted molar refractivity (Wildman–Crippen MR) is 119 cm³/mol. The Labute approximate surface area is 175 Å². The normalized spacial score (nSPS) is 11.9. The van der Waals surface area contributed by atoms with Crippen molar-refractivity contribution in [3.63, 3.8) is 0 Å². The molecule has 0 aliphatic carbocycles. The molecule has 0 spiro atoms. The van der Waals surface area contributed by atoms with E-state index in [2.05, 4.69) is 11.4 Å². The molecule has 0 bridgehead atoms. The van der Waals surface area contributed by atoms with Gasteiger partial charge in [-0.3, -0.25) is 4.79 Å². The van der Waals surface area contributed by atoms with E-state index < -0.39 is 12.0 Å². The Kier molecular flexibility index (Phi) is 5.75. The maximum Gasteiger partial charge on any atom is 0.328 e. The lowest BCUT2D eigenvalue weighted by atomic mass is 9.96. The van der Waals surface area contributed by atoms with E-state index >= 15 is 0 Å². The summed E-state index contributed by atoms with van der Waals surface area (Å²) < 4.78 is 4.96. The molecule has 4 rings (SSSR count). The largest absolute Gasteiger partial charge is 0.467 e. The number of carbonyl (C=O) groups excluding carboxylic acids is 2. The topological polar surface area (TPSA) is 55.4 Å². The molecular weight excluding hydrogens is 374 g/mol. The van der Waals surface area contributed by atoms with Crippen molar-refractivity contribution in [1.29, 1.82) is 0 Å². The maximum absolute atomic E-state index is 13.4. The summed E-state index contributed by atoms with van der Waals surface area (Å²) in [6.07, 6.45) is 1.13. The van der Waals surface area contributed by atoms with Gasteiger partial charge in [-0.1, -0.05) is 78.9 Å². The Hall–Kier alpha value is -3.66. The van der Waals surface area contributed by atoms with Crippen LogP contribution in [0.2, 0.25) is 0 Å². The highest BCUT2D eigenvalue weighted by Crippen LogP contribution is 2.28. The fraction of sp³-hybridized carbons (Fsp3) is 0.154. The Morgan fingerprint density at radius 2 is 1.40 bits per heavy atom. The number of methoxy groups -OCH3 is 1. The fourth-order valence-electron chi connectivity index (χ4n) is 3.84. The highest BCUT2D eigenvalue weighted by Gasteiger charge is 2.24. The summed E-state index contributed by atoms with van der Waals surface area (Å²) in [6.45, 7) is 0. The third-order valence-corrected chi connectivity index (χ3v) is 5.35. The second-order valence-corrected chi connectivity index (χ2v) is 7.27. The van der Waals surface area contributed by atoms with E-state index in [1.807, 2.05) is 78.9 Å². The molecule has 0 unspecified atom stereocenters. The molecule has 1 N–H and O–H groups in total. The van der Waals surface area contributed by atoms with E-state index in [1.54, 1.807) is 0 Å². The predicted octanol–water partition coefficient (Wildman–Crippen LogP) is 4.90. The van der Waals surface area contributed by atoms with Crippen molar-refractivity contribution in [3.8, 4) is 0 Å². The third-order valence-electron chi connectivity index (χ3n) is 5.35. The molecule has 0 radical (unpaired) electrons. The van der Waals surface area contributed by atoms with E-state index in [0.29, 0.717) is 18.4 Å². The Balaban J connectivity index is 1.68. The van der Waals surface area contributed by atoms with Crippen LogP contribution in [0.25, 0.3) is 21.5 Å². The van der Waals surface area contributed by atoms with Crippen molar-refractivity contribution < 1.29 is 14.3 Å². The summed E-state index contributed by atoms with van der Waals surface area (Å²) in [4.78, 5) is 25.8. The van der Waals surface area contributed by atoms with Gasteiger partial charge >= 0.3 is 5.97 Å². The van der Waals surface area contributed by atoms with Crippen molar-refractivity contribution in [1.82, 2.24) is 5.32 Å². The first kappa shape index (κ1) is 19.6. The van der Waals surface area contributed by atoms with Crippen LogP contribution in [-0.2, 0) is 16.0 Å². The standard InChI is InChI=1S/C26H23NO3/c1-30-26(29)23(16-15-18-9-3-2-4-10-18)27-25(28)24-21-13-7-5-11-19(21)17-20-12-6-8-14-22(20)24/h2-14,17,23H,15-16H2,1H3,(H,27,28)/t23-/m0/s1. The van der Waals surface area contributed by atoms with Crippen LogP contribution in [0.3, 0.4) is 0 Å². The zero-order valence-corrected chi connectivity index (χ0v) is 16.8. The van der Waals surface area contributed by atoms with Crippen LogP contribution in [0.1, 0.15) is 22.3 Å². The van der Waals surface area contributed by atoms with E-state index in [4.69, 9.17) is 4.74 Å². The van der Waals surface area contributed by atoms with Gasteiger partial charge in [-0.15, -0.1) is 0 Å². The van der Waals surface area contributed by atoms with Gasteiger partial charge in [0.2, 0.25) is 0 Å². The zero-order valence-electron chi connectivity index (χ0n) is 16.8. The minimum Gasteiger partial charge on any atom is -0.467 e. The van der Waals surface area contributed by atoms with Gasteiger partial charge in [0.25, 0.3) is 5.91 Å². The smallest absolute Gasteiger partial charge is 0.328 e. The average Bonchev–Trinajstić information content (AvgIpc) is 2.80. The molecule has 1 amide bonds. The van der Waals surface area contributed by atoms with E-state index in [0.717, 1.165) is 27.1 Å². The number of rotatable bonds is 6. The van der Waals surface area contributed by atoms with Gasteiger partial charge in [0.15, 0.2) is 0 Å². The van der Waals surface area contributed by atoms with E-state index in [9.17, 15) is 9.59 Å². The second-order valence-electron chi connectivity index (χ2n) is 7.27. The lowest BCUT2D eigenvalue weighted by molar-refractivity contribution is -0.143. The third kappa shape index (κ3) is 4.03. The quantitative estimate of drug-likeness (QED) is 0.372. The number of aryl methyl sites for hydroxylation is 1. The summed E-state index contributed by atoms with van der Waals surface area (Å²) in [6, 6.07) is 26.9. The van der Waals surface area contributed by atoms with Crippen LogP contribution in [0.15, 0.2) is 84.9 Å². The average molecular weight is 397 g/mol. The molecule has 0 aliphatic heterocycles. The molecule has 4 aromatic carbocycles. The molecule has 4 aromatic rings. The first-order valence-corrected chi connectivity index (χ1v) is 10.0. The number of carbonyl (C=O) groups is 2. The van der Waals surface area contributed by atoms with Crippen molar-refractivity contribution in [2.24, 2.45) is 0 Å². The van der Waals surface area contributed by atoms with Crippen LogP contribution in [0.4, 0.5) is 0 Å². The van der Waals surface area contributed by atoms with Crippen LogP contribution in [-0.4, -0.2) is 25.0 Å². The minimum absolute atomic E-state index is 0.272. The van der Waals surface area contributed by atoms with Crippen LogP contribution < -0.4 is 5.32 Å². The van der Waals surface area contributed by atoms with Crippen LogP contribution in [0.5, 0.6) is 0 Å². The molecule has 0 heterocycles. The zero-order chi connectivity index (χ0) is 20.9. The SMILES string of the molecule is COC(=O)[C@H](CCc1ccccc1)NC(=O)c1c2ccccc2cc2ccccc12. The number of esters is 1. The summed E-state index contributed by atoms with van der Waals surface area (Å²) >= 11 is 0. The summed E-state index contributed by atoms with van der Waals surface area (Å²) in [5, 5.41) is 6.62. The number of amides is 1. The molecule has 30 heavy (non-hydrogen) atoms. The molecule has 0 aromatic heterocycles. The molecular formula is C26H23NO3. The number of hydrogen-bond acceptors (Lipinski definition) is 3. The van der Waals surface area contributed by atoms with Crippen molar-refractivity contribution in [2.45, 2.75) is 18.9 Å². The monoisotopic (exact) mass is 397 g/mol. The van der Waals surface area contributed by atoms with E-state index in [-0.39, 0.29) is 5.91 Å². The highest BCUT2D eigenvalue weighted by molar-refractivity contribution is 6.18. The Morgan fingerprint density at radius 1 is 0.833 bits per heavy atom. The molecule has 0 fully saturated rings.